The van der Waals surface area contributed by atoms with Gasteiger partial charge in [0.25, 0.3) is 0 Å². The number of carboxylic acid groups (broad SMARTS) is 1. The Morgan fingerprint density at radius 3 is 2.95 bits per heavy atom. The standard InChI is InChI=1S/C15H19BrN2O3/c1-10-4-5-12(16)13(7-10)17-15(21)18-6-2-3-11(9-18)8-14(19)20/h4-5,7,11H,2-3,6,8-9H2,1H3,(H,17,21)(H,19,20). The van der Waals surface area contributed by atoms with Crippen LogP contribution in [0.25, 0.3) is 0 Å². The van der Waals surface area contributed by atoms with E-state index >= 15 is 0 Å². The number of urea groups is 1. The van der Waals surface area contributed by atoms with Crippen molar-refractivity contribution in [1.82, 2.24) is 4.90 Å². The zero-order valence-corrected chi connectivity index (χ0v) is 13.5. The average molecular weight is 355 g/mol. The number of rotatable bonds is 3. The molecule has 0 aliphatic carbocycles. The van der Waals surface area contributed by atoms with E-state index in [1.54, 1.807) is 4.90 Å². The van der Waals surface area contributed by atoms with Crippen molar-refractivity contribution < 1.29 is 14.7 Å². The molecule has 2 rings (SSSR count). The molecule has 1 aliphatic rings. The van der Waals surface area contributed by atoms with Crippen molar-refractivity contribution in [2.24, 2.45) is 5.92 Å². The van der Waals surface area contributed by atoms with Gasteiger partial charge in [0, 0.05) is 24.0 Å². The predicted octanol–water partition coefficient (Wildman–Crippen LogP) is 3.48. The normalized spacial score (nSPS) is 18.4. The molecule has 1 aliphatic heterocycles. The summed E-state index contributed by atoms with van der Waals surface area (Å²) in [5.74, 6) is -0.758. The van der Waals surface area contributed by atoms with E-state index in [0.717, 1.165) is 28.6 Å². The summed E-state index contributed by atoms with van der Waals surface area (Å²) in [4.78, 5) is 24.8. The molecule has 5 nitrogen and oxygen atoms in total. The van der Waals surface area contributed by atoms with Crippen LogP contribution < -0.4 is 5.32 Å². The van der Waals surface area contributed by atoms with Crippen LogP contribution in [0.2, 0.25) is 0 Å². The van der Waals surface area contributed by atoms with Crippen molar-refractivity contribution in [3.8, 4) is 0 Å². The topological polar surface area (TPSA) is 69.6 Å². The van der Waals surface area contributed by atoms with Gasteiger partial charge in [-0.2, -0.15) is 0 Å². The Labute approximate surface area is 132 Å². The highest BCUT2D eigenvalue weighted by atomic mass is 79.9. The number of hydrogen-bond donors (Lipinski definition) is 2. The second kappa shape index (κ2) is 6.93. The first kappa shape index (κ1) is 15.8. The molecule has 21 heavy (non-hydrogen) atoms. The van der Waals surface area contributed by atoms with Gasteiger partial charge in [0.2, 0.25) is 0 Å². The van der Waals surface area contributed by atoms with Gasteiger partial charge in [-0.1, -0.05) is 6.07 Å². The number of nitrogens with one attached hydrogen (secondary N) is 1. The molecule has 114 valence electrons. The van der Waals surface area contributed by atoms with Crippen LogP contribution in [0.3, 0.4) is 0 Å². The number of piperidine rings is 1. The van der Waals surface area contributed by atoms with Crippen LogP contribution in [0.1, 0.15) is 24.8 Å². The van der Waals surface area contributed by atoms with Gasteiger partial charge in [-0.15, -0.1) is 0 Å². The largest absolute Gasteiger partial charge is 0.481 e. The van der Waals surface area contributed by atoms with E-state index in [4.69, 9.17) is 5.11 Å². The Hall–Kier alpha value is -1.56. The number of halogens is 1. The molecule has 6 heteroatoms. The molecule has 1 fully saturated rings. The van der Waals surface area contributed by atoms with Crippen molar-refractivity contribution in [2.75, 3.05) is 18.4 Å². The van der Waals surface area contributed by atoms with Gasteiger partial charge in [-0.05, 0) is 59.3 Å². The van der Waals surface area contributed by atoms with E-state index in [1.807, 2.05) is 25.1 Å². The lowest BCUT2D eigenvalue weighted by atomic mass is 9.95. The fraction of sp³-hybridized carbons (Fsp3) is 0.467. The summed E-state index contributed by atoms with van der Waals surface area (Å²) < 4.78 is 0.834. The van der Waals surface area contributed by atoms with Gasteiger partial charge in [0.15, 0.2) is 0 Å². The molecule has 1 aromatic carbocycles. The van der Waals surface area contributed by atoms with E-state index < -0.39 is 5.97 Å². The summed E-state index contributed by atoms with van der Waals surface area (Å²) in [6.45, 7) is 3.14. The monoisotopic (exact) mass is 354 g/mol. The van der Waals surface area contributed by atoms with E-state index in [1.165, 1.54) is 0 Å². The molecule has 0 aromatic heterocycles. The third-order valence-electron chi connectivity index (χ3n) is 3.63. The molecular formula is C15H19BrN2O3. The van der Waals surface area contributed by atoms with Crippen LogP contribution in [0.15, 0.2) is 22.7 Å². The number of aryl methyl sites for hydroxylation is 1. The van der Waals surface area contributed by atoms with Gasteiger partial charge in [0.05, 0.1) is 5.69 Å². The molecule has 1 heterocycles. The maximum absolute atomic E-state index is 12.3. The number of nitrogens with zero attached hydrogens (tertiary/aromatic N) is 1. The molecule has 1 unspecified atom stereocenters. The lowest BCUT2D eigenvalue weighted by molar-refractivity contribution is -0.138. The van der Waals surface area contributed by atoms with Crippen LogP contribution in [0.4, 0.5) is 10.5 Å². The SMILES string of the molecule is Cc1ccc(Br)c(NC(=O)N2CCCC(CC(=O)O)C2)c1. The molecule has 0 spiro atoms. The minimum atomic E-state index is -0.802. The maximum atomic E-state index is 12.3. The van der Waals surface area contributed by atoms with E-state index in [2.05, 4.69) is 21.2 Å². The molecule has 1 saturated heterocycles. The summed E-state index contributed by atoms with van der Waals surface area (Å²) in [5, 5.41) is 11.8. The van der Waals surface area contributed by atoms with Crippen molar-refractivity contribution in [1.29, 1.82) is 0 Å². The summed E-state index contributed by atoms with van der Waals surface area (Å²) in [7, 11) is 0. The van der Waals surface area contributed by atoms with E-state index in [9.17, 15) is 9.59 Å². The van der Waals surface area contributed by atoms with Gasteiger partial charge in [0.1, 0.15) is 0 Å². The average Bonchev–Trinajstić information content (AvgIpc) is 2.42. The van der Waals surface area contributed by atoms with E-state index in [-0.39, 0.29) is 18.4 Å². The molecule has 0 bridgehead atoms. The van der Waals surface area contributed by atoms with Gasteiger partial charge in [-0.25, -0.2) is 4.79 Å². The molecule has 0 saturated carbocycles. The molecule has 0 radical (unpaired) electrons. The number of likely N-dealkylation sites (tertiary alicyclic amines) is 1. The van der Waals surface area contributed by atoms with Crippen LogP contribution in [-0.2, 0) is 4.79 Å². The quantitative estimate of drug-likeness (QED) is 0.872. The number of aliphatic carboxylic acids is 1. The second-order valence-electron chi connectivity index (χ2n) is 5.47. The fourth-order valence-electron chi connectivity index (χ4n) is 2.59. The second-order valence-corrected chi connectivity index (χ2v) is 6.32. The highest BCUT2D eigenvalue weighted by Gasteiger charge is 2.25. The van der Waals surface area contributed by atoms with Crippen LogP contribution in [-0.4, -0.2) is 35.1 Å². The highest BCUT2D eigenvalue weighted by Crippen LogP contribution is 2.25. The van der Waals surface area contributed by atoms with Crippen LogP contribution in [0, 0.1) is 12.8 Å². The lowest BCUT2D eigenvalue weighted by Crippen LogP contribution is -2.42. The number of carboxylic acids is 1. The summed E-state index contributed by atoms with van der Waals surface area (Å²) in [6.07, 6.45) is 1.84. The Morgan fingerprint density at radius 2 is 2.24 bits per heavy atom. The van der Waals surface area contributed by atoms with Crippen LogP contribution >= 0.6 is 15.9 Å². The predicted molar refractivity (Wildman–Crippen MR) is 84.4 cm³/mol. The first-order chi connectivity index (χ1) is 9.95. The molecule has 2 amide bonds. The number of benzene rings is 1. The molecule has 2 N–H and O–H groups in total. The van der Waals surface area contributed by atoms with Crippen molar-refractivity contribution in [2.45, 2.75) is 26.2 Å². The molecule has 1 atom stereocenters. The molecule has 1 aromatic rings. The summed E-state index contributed by atoms with van der Waals surface area (Å²) in [5.41, 5.74) is 1.80. The van der Waals surface area contributed by atoms with Gasteiger partial charge in [-0.3, -0.25) is 4.79 Å². The van der Waals surface area contributed by atoms with Gasteiger partial charge >= 0.3 is 12.0 Å². The van der Waals surface area contributed by atoms with E-state index in [0.29, 0.717) is 13.1 Å². The highest BCUT2D eigenvalue weighted by molar-refractivity contribution is 9.10. The van der Waals surface area contributed by atoms with Crippen LogP contribution in [0.5, 0.6) is 0 Å². The van der Waals surface area contributed by atoms with Crippen molar-refractivity contribution in [3.05, 3.63) is 28.2 Å². The van der Waals surface area contributed by atoms with Gasteiger partial charge < -0.3 is 15.3 Å². The molecular weight excluding hydrogens is 336 g/mol. The zero-order chi connectivity index (χ0) is 15.4. The third-order valence-corrected chi connectivity index (χ3v) is 4.32. The number of hydrogen-bond acceptors (Lipinski definition) is 2. The third kappa shape index (κ3) is 4.46. The number of carbonyl (C=O) groups excluding carboxylic acids is 1. The fourth-order valence-corrected chi connectivity index (χ4v) is 2.94. The Kier molecular flexibility index (Phi) is 5.22. The Bertz CT molecular complexity index is 548. The maximum Gasteiger partial charge on any atom is 0.321 e. The smallest absolute Gasteiger partial charge is 0.321 e. The minimum absolute atomic E-state index is 0.0444. The zero-order valence-electron chi connectivity index (χ0n) is 11.9. The summed E-state index contributed by atoms with van der Waals surface area (Å²) >= 11 is 3.42. The lowest BCUT2D eigenvalue weighted by Gasteiger charge is -2.32. The Balaban J connectivity index is 1.99. The summed E-state index contributed by atoms with van der Waals surface area (Å²) in [6, 6.07) is 5.59. The minimum Gasteiger partial charge on any atom is -0.481 e. The van der Waals surface area contributed by atoms with Crippen molar-refractivity contribution in [3.63, 3.8) is 0 Å². The first-order valence-electron chi connectivity index (χ1n) is 6.99. The number of carbonyl (C=O) groups is 2. The number of anilines is 1. The van der Waals surface area contributed by atoms with Crippen molar-refractivity contribution >= 4 is 33.6 Å². The Morgan fingerprint density at radius 1 is 1.48 bits per heavy atom. The first-order valence-corrected chi connectivity index (χ1v) is 7.79. The number of amides is 2.